The van der Waals surface area contributed by atoms with Gasteiger partial charge < -0.3 is 9.63 Å². The summed E-state index contributed by atoms with van der Waals surface area (Å²) in [6, 6.07) is 5.48. The summed E-state index contributed by atoms with van der Waals surface area (Å²) in [6.07, 6.45) is 0. The number of aromatic hydroxyl groups is 1. The lowest BCUT2D eigenvalue weighted by molar-refractivity contribution is 0.392. The van der Waals surface area contributed by atoms with E-state index in [9.17, 15) is 13.5 Å². The van der Waals surface area contributed by atoms with E-state index in [1.807, 2.05) is 0 Å². The molecule has 0 saturated carbocycles. The van der Waals surface area contributed by atoms with Crippen LogP contribution in [0.3, 0.4) is 0 Å². The van der Waals surface area contributed by atoms with Crippen LogP contribution in [-0.2, 0) is 16.6 Å². The molecule has 0 atom stereocenters. The van der Waals surface area contributed by atoms with Crippen LogP contribution in [0.2, 0.25) is 0 Å². The largest absolute Gasteiger partial charge is 0.508 e. The zero-order valence-corrected chi connectivity index (χ0v) is 11.4. The van der Waals surface area contributed by atoms with Gasteiger partial charge in [0.1, 0.15) is 11.5 Å². The quantitative estimate of drug-likeness (QED) is 0.886. The number of rotatable bonds is 4. The first-order valence-corrected chi connectivity index (χ1v) is 7.09. The van der Waals surface area contributed by atoms with Crippen LogP contribution >= 0.6 is 0 Å². The number of benzene rings is 1. The number of nitrogens with one attached hydrogen (secondary N) is 1. The minimum Gasteiger partial charge on any atom is -0.508 e. The SMILES string of the molecule is Cc1noc(C)c1CNS(=O)(=O)c1cccc(O)c1. The molecule has 2 N–H and O–H groups in total. The van der Waals surface area contributed by atoms with Gasteiger partial charge in [-0.1, -0.05) is 11.2 Å². The summed E-state index contributed by atoms with van der Waals surface area (Å²) in [5.74, 6) is 0.483. The van der Waals surface area contributed by atoms with Crippen molar-refractivity contribution in [2.45, 2.75) is 25.3 Å². The fraction of sp³-hybridized carbons (Fsp3) is 0.250. The molecular formula is C12H14N2O4S. The average Bonchev–Trinajstić information content (AvgIpc) is 2.67. The van der Waals surface area contributed by atoms with Crippen molar-refractivity contribution in [3.05, 3.63) is 41.3 Å². The zero-order valence-electron chi connectivity index (χ0n) is 10.5. The molecule has 0 aliphatic rings. The normalized spacial score (nSPS) is 11.7. The lowest BCUT2D eigenvalue weighted by Gasteiger charge is -2.06. The first kappa shape index (κ1) is 13.6. The molecule has 102 valence electrons. The summed E-state index contributed by atoms with van der Waals surface area (Å²) >= 11 is 0. The highest BCUT2D eigenvalue weighted by molar-refractivity contribution is 7.89. The Balaban J connectivity index is 2.19. The van der Waals surface area contributed by atoms with Gasteiger partial charge >= 0.3 is 0 Å². The summed E-state index contributed by atoms with van der Waals surface area (Å²) in [4.78, 5) is 0.0132. The van der Waals surface area contributed by atoms with Crippen molar-refractivity contribution in [1.82, 2.24) is 9.88 Å². The highest BCUT2D eigenvalue weighted by atomic mass is 32.2. The predicted octanol–water partition coefficient (Wildman–Crippen LogP) is 1.48. The van der Waals surface area contributed by atoms with Crippen molar-refractivity contribution >= 4 is 10.0 Å². The van der Waals surface area contributed by atoms with Gasteiger partial charge in [0.25, 0.3) is 0 Å². The molecule has 2 aromatic rings. The second-order valence-electron chi connectivity index (χ2n) is 4.12. The van der Waals surface area contributed by atoms with Crippen molar-refractivity contribution in [2.75, 3.05) is 0 Å². The zero-order chi connectivity index (χ0) is 14.0. The maximum absolute atomic E-state index is 12.0. The minimum absolute atomic E-state index is 0.0132. The Labute approximate surface area is 111 Å². The van der Waals surface area contributed by atoms with Crippen LogP contribution in [0.4, 0.5) is 0 Å². The van der Waals surface area contributed by atoms with Gasteiger partial charge in [-0.25, -0.2) is 13.1 Å². The van der Waals surface area contributed by atoms with Gasteiger partial charge in [0.2, 0.25) is 10.0 Å². The molecule has 0 spiro atoms. The number of sulfonamides is 1. The van der Waals surface area contributed by atoms with Crippen LogP contribution in [-0.4, -0.2) is 18.7 Å². The van der Waals surface area contributed by atoms with E-state index in [2.05, 4.69) is 9.88 Å². The molecule has 0 saturated heterocycles. The Morgan fingerprint density at radius 1 is 1.37 bits per heavy atom. The van der Waals surface area contributed by atoms with Gasteiger partial charge in [-0.05, 0) is 32.0 Å². The van der Waals surface area contributed by atoms with E-state index < -0.39 is 10.0 Å². The number of hydrogen-bond acceptors (Lipinski definition) is 5. The molecule has 2 rings (SSSR count). The minimum atomic E-state index is -3.67. The molecule has 0 radical (unpaired) electrons. The fourth-order valence-electron chi connectivity index (χ4n) is 1.66. The second kappa shape index (κ2) is 5.02. The third-order valence-electron chi connectivity index (χ3n) is 2.75. The van der Waals surface area contributed by atoms with Crippen molar-refractivity contribution < 1.29 is 18.0 Å². The fourth-order valence-corrected chi connectivity index (χ4v) is 2.69. The molecule has 19 heavy (non-hydrogen) atoms. The van der Waals surface area contributed by atoms with Gasteiger partial charge in [-0.15, -0.1) is 0 Å². The van der Waals surface area contributed by atoms with E-state index in [0.717, 1.165) is 0 Å². The van der Waals surface area contributed by atoms with E-state index in [0.29, 0.717) is 17.0 Å². The van der Waals surface area contributed by atoms with Crippen LogP contribution in [0, 0.1) is 13.8 Å². The molecule has 0 aliphatic carbocycles. The summed E-state index contributed by atoms with van der Waals surface area (Å²) in [6.45, 7) is 3.56. The molecule has 1 aromatic carbocycles. The molecule has 1 heterocycles. The summed E-state index contributed by atoms with van der Waals surface area (Å²) in [7, 11) is -3.67. The van der Waals surface area contributed by atoms with E-state index in [-0.39, 0.29) is 17.2 Å². The molecule has 0 aliphatic heterocycles. The second-order valence-corrected chi connectivity index (χ2v) is 5.89. The molecule has 0 amide bonds. The third-order valence-corrected chi connectivity index (χ3v) is 4.15. The van der Waals surface area contributed by atoms with Gasteiger partial charge in [0.05, 0.1) is 10.6 Å². The van der Waals surface area contributed by atoms with Crippen LogP contribution in [0.15, 0.2) is 33.7 Å². The number of aryl methyl sites for hydroxylation is 2. The van der Waals surface area contributed by atoms with Crippen LogP contribution < -0.4 is 4.72 Å². The number of phenols is 1. The van der Waals surface area contributed by atoms with E-state index in [1.54, 1.807) is 13.8 Å². The highest BCUT2D eigenvalue weighted by Crippen LogP contribution is 2.17. The number of phenolic OH excluding ortho intramolecular Hbond substituents is 1. The lowest BCUT2D eigenvalue weighted by Crippen LogP contribution is -2.23. The number of aromatic nitrogens is 1. The monoisotopic (exact) mass is 282 g/mol. The van der Waals surface area contributed by atoms with Gasteiger partial charge in [0.15, 0.2) is 0 Å². The van der Waals surface area contributed by atoms with Crippen LogP contribution in [0.1, 0.15) is 17.0 Å². The molecule has 7 heteroatoms. The lowest BCUT2D eigenvalue weighted by atomic mass is 10.2. The van der Waals surface area contributed by atoms with E-state index >= 15 is 0 Å². The van der Waals surface area contributed by atoms with Crippen molar-refractivity contribution in [3.63, 3.8) is 0 Å². The highest BCUT2D eigenvalue weighted by Gasteiger charge is 2.17. The first-order valence-electron chi connectivity index (χ1n) is 5.60. The maximum atomic E-state index is 12.0. The summed E-state index contributed by atoms with van der Waals surface area (Å²) in [5.41, 5.74) is 1.36. The van der Waals surface area contributed by atoms with Gasteiger partial charge in [-0.2, -0.15) is 0 Å². The maximum Gasteiger partial charge on any atom is 0.241 e. The van der Waals surface area contributed by atoms with E-state index in [4.69, 9.17) is 4.52 Å². The smallest absolute Gasteiger partial charge is 0.241 e. The molecule has 1 aromatic heterocycles. The Kier molecular flexibility index (Phi) is 3.59. The van der Waals surface area contributed by atoms with Crippen LogP contribution in [0.5, 0.6) is 5.75 Å². The average molecular weight is 282 g/mol. The van der Waals surface area contributed by atoms with E-state index in [1.165, 1.54) is 24.3 Å². The van der Waals surface area contributed by atoms with Gasteiger partial charge in [0, 0.05) is 12.1 Å². The number of nitrogens with zero attached hydrogens (tertiary/aromatic N) is 1. The van der Waals surface area contributed by atoms with Gasteiger partial charge in [-0.3, -0.25) is 0 Å². The molecule has 6 nitrogen and oxygen atoms in total. The Hall–Kier alpha value is -1.86. The molecule has 0 fully saturated rings. The standard InChI is InChI=1S/C12H14N2O4S/c1-8-12(9(2)18-14-8)7-13-19(16,17)11-5-3-4-10(15)6-11/h3-6,13,15H,7H2,1-2H3. The van der Waals surface area contributed by atoms with Crippen molar-refractivity contribution in [3.8, 4) is 5.75 Å². The molecular weight excluding hydrogens is 268 g/mol. The topological polar surface area (TPSA) is 92.4 Å². The summed E-state index contributed by atoms with van der Waals surface area (Å²) in [5, 5.41) is 13.1. The number of hydrogen-bond donors (Lipinski definition) is 2. The Morgan fingerprint density at radius 3 is 2.68 bits per heavy atom. The Bertz CT molecular complexity index is 672. The molecule has 0 unspecified atom stereocenters. The predicted molar refractivity (Wildman–Crippen MR) is 68.1 cm³/mol. The van der Waals surface area contributed by atoms with Crippen molar-refractivity contribution in [1.29, 1.82) is 0 Å². The molecule has 0 bridgehead atoms. The van der Waals surface area contributed by atoms with Crippen molar-refractivity contribution in [2.24, 2.45) is 0 Å². The Morgan fingerprint density at radius 2 is 2.11 bits per heavy atom. The summed E-state index contributed by atoms with van der Waals surface area (Å²) < 4.78 is 31.5. The van der Waals surface area contributed by atoms with Crippen LogP contribution in [0.25, 0.3) is 0 Å². The first-order chi connectivity index (χ1) is 8.90. The third kappa shape index (κ3) is 2.94.